The standard InChI is InChI=1S/C23H32BrN3O3/c1-5-27(6-2)12-11-25-15-18-13-20(24)23(21(14-18)29-4)30-16-22(28)26-19-9-7-17(3)8-10-19/h7-10,13-14,25H,5-6,11-12,15-16H2,1-4H3,(H,26,28). The van der Waals surface area contributed by atoms with Crippen molar-refractivity contribution in [2.45, 2.75) is 27.3 Å². The van der Waals surface area contributed by atoms with Gasteiger partial charge in [0, 0.05) is 25.3 Å². The van der Waals surface area contributed by atoms with Gasteiger partial charge in [-0.3, -0.25) is 4.79 Å². The summed E-state index contributed by atoms with van der Waals surface area (Å²) < 4.78 is 12.0. The number of ether oxygens (including phenoxy) is 2. The Kier molecular flexibility index (Phi) is 10.1. The van der Waals surface area contributed by atoms with Crippen molar-refractivity contribution in [3.63, 3.8) is 0 Å². The van der Waals surface area contributed by atoms with Crippen LogP contribution in [-0.2, 0) is 11.3 Å². The molecule has 0 heterocycles. The Hall–Kier alpha value is -2.09. The van der Waals surface area contributed by atoms with Gasteiger partial charge < -0.3 is 25.0 Å². The molecule has 0 unspecified atom stereocenters. The summed E-state index contributed by atoms with van der Waals surface area (Å²) >= 11 is 3.55. The van der Waals surface area contributed by atoms with Gasteiger partial charge in [-0.25, -0.2) is 0 Å². The molecule has 0 bridgehead atoms. The maximum absolute atomic E-state index is 12.2. The van der Waals surface area contributed by atoms with E-state index in [2.05, 4.69) is 45.3 Å². The minimum atomic E-state index is -0.227. The zero-order valence-electron chi connectivity index (χ0n) is 18.3. The molecule has 2 aromatic rings. The highest BCUT2D eigenvalue weighted by molar-refractivity contribution is 9.10. The number of amides is 1. The molecule has 0 aliphatic heterocycles. The number of aryl methyl sites for hydroxylation is 1. The summed E-state index contributed by atoms with van der Waals surface area (Å²) in [6, 6.07) is 11.6. The van der Waals surface area contributed by atoms with E-state index in [-0.39, 0.29) is 12.5 Å². The van der Waals surface area contributed by atoms with Gasteiger partial charge in [0.2, 0.25) is 0 Å². The molecule has 164 valence electrons. The summed E-state index contributed by atoms with van der Waals surface area (Å²) in [6.07, 6.45) is 0. The maximum atomic E-state index is 12.2. The van der Waals surface area contributed by atoms with Crippen LogP contribution in [0.5, 0.6) is 11.5 Å². The molecule has 0 saturated heterocycles. The van der Waals surface area contributed by atoms with Gasteiger partial charge in [-0.05, 0) is 65.8 Å². The van der Waals surface area contributed by atoms with E-state index in [1.165, 1.54) is 0 Å². The Labute approximate surface area is 188 Å². The molecule has 0 aliphatic carbocycles. The lowest BCUT2D eigenvalue weighted by molar-refractivity contribution is -0.118. The minimum absolute atomic E-state index is 0.107. The number of carbonyl (C=O) groups excluding carboxylic acids is 1. The van der Waals surface area contributed by atoms with Gasteiger partial charge in [-0.1, -0.05) is 31.5 Å². The predicted octanol–water partition coefficient (Wildman–Crippen LogP) is 4.22. The third-order valence-electron chi connectivity index (χ3n) is 4.80. The second-order valence-corrected chi connectivity index (χ2v) is 7.87. The zero-order valence-corrected chi connectivity index (χ0v) is 19.8. The van der Waals surface area contributed by atoms with E-state index in [1.54, 1.807) is 7.11 Å². The molecular formula is C23H32BrN3O3. The van der Waals surface area contributed by atoms with Crippen LogP contribution in [0.4, 0.5) is 5.69 Å². The van der Waals surface area contributed by atoms with Crippen LogP contribution >= 0.6 is 15.9 Å². The van der Waals surface area contributed by atoms with Crippen LogP contribution in [0.15, 0.2) is 40.9 Å². The zero-order chi connectivity index (χ0) is 21.9. The second-order valence-electron chi connectivity index (χ2n) is 7.02. The normalized spacial score (nSPS) is 10.9. The van der Waals surface area contributed by atoms with Gasteiger partial charge in [0.1, 0.15) is 0 Å². The number of nitrogens with zero attached hydrogens (tertiary/aromatic N) is 1. The largest absolute Gasteiger partial charge is 0.493 e. The first-order chi connectivity index (χ1) is 14.5. The number of carbonyl (C=O) groups is 1. The number of rotatable bonds is 12. The number of methoxy groups -OCH3 is 1. The Morgan fingerprint density at radius 1 is 1.13 bits per heavy atom. The number of likely N-dealkylation sites (N-methyl/N-ethyl adjacent to an activating group) is 1. The van der Waals surface area contributed by atoms with Crippen molar-refractivity contribution in [3.8, 4) is 11.5 Å². The second kappa shape index (κ2) is 12.6. The molecule has 2 rings (SSSR count). The van der Waals surface area contributed by atoms with E-state index in [0.29, 0.717) is 11.5 Å². The number of nitrogens with one attached hydrogen (secondary N) is 2. The van der Waals surface area contributed by atoms with E-state index in [0.717, 1.165) is 54.0 Å². The van der Waals surface area contributed by atoms with Gasteiger partial charge in [0.05, 0.1) is 11.6 Å². The molecule has 1 amide bonds. The van der Waals surface area contributed by atoms with Crippen molar-refractivity contribution in [1.82, 2.24) is 10.2 Å². The molecule has 0 spiro atoms. The van der Waals surface area contributed by atoms with Gasteiger partial charge in [-0.15, -0.1) is 0 Å². The van der Waals surface area contributed by atoms with Crippen molar-refractivity contribution < 1.29 is 14.3 Å². The SMILES string of the molecule is CCN(CC)CCNCc1cc(Br)c(OCC(=O)Nc2ccc(C)cc2)c(OC)c1. The molecule has 0 saturated carbocycles. The molecule has 7 heteroatoms. The first-order valence-electron chi connectivity index (χ1n) is 10.3. The fourth-order valence-electron chi connectivity index (χ4n) is 3.00. The number of anilines is 1. The molecule has 0 fully saturated rings. The number of hydrogen-bond acceptors (Lipinski definition) is 5. The molecule has 0 atom stereocenters. The Morgan fingerprint density at radius 2 is 1.83 bits per heavy atom. The smallest absolute Gasteiger partial charge is 0.262 e. The highest BCUT2D eigenvalue weighted by Crippen LogP contribution is 2.36. The average Bonchev–Trinajstić information content (AvgIpc) is 2.74. The molecular weight excluding hydrogens is 446 g/mol. The van der Waals surface area contributed by atoms with Crippen molar-refractivity contribution in [2.24, 2.45) is 0 Å². The highest BCUT2D eigenvalue weighted by atomic mass is 79.9. The van der Waals surface area contributed by atoms with Crippen LogP contribution in [0.2, 0.25) is 0 Å². The van der Waals surface area contributed by atoms with Crippen molar-refractivity contribution in [1.29, 1.82) is 0 Å². The molecule has 0 radical (unpaired) electrons. The summed E-state index contributed by atoms with van der Waals surface area (Å²) in [7, 11) is 1.60. The Balaban J connectivity index is 1.91. The van der Waals surface area contributed by atoms with Crippen LogP contribution in [0.25, 0.3) is 0 Å². The molecule has 30 heavy (non-hydrogen) atoms. The monoisotopic (exact) mass is 477 g/mol. The first-order valence-corrected chi connectivity index (χ1v) is 11.0. The maximum Gasteiger partial charge on any atom is 0.262 e. The Morgan fingerprint density at radius 3 is 2.47 bits per heavy atom. The lowest BCUT2D eigenvalue weighted by Crippen LogP contribution is -2.31. The van der Waals surface area contributed by atoms with E-state index in [1.807, 2.05) is 43.3 Å². The average molecular weight is 478 g/mol. The van der Waals surface area contributed by atoms with Crippen LogP contribution in [0.3, 0.4) is 0 Å². The predicted molar refractivity (Wildman–Crippen MR) is 125 cm³/mol. The molecule has 2 N–H and O–H groups in total. The summed E-state index contributed by atoms with van der Waals surface area (Å²) in [4.78, 5) is 14.6. The first kappa shape index (κ1) is 24.2. The van der Waals surface area contributed by atoms with Gasteiger partial charge in [-0.2, -0.15) is 0 Å². The van der Waals surface area contributed by atoms with Crippen molar-refractivity contribution in [2.75, 3.05) is 45.2 Å². The topological polar surface area (TPSA) is 62.8 Å². The van der Waals surface area contributed by atoms with Crippen LogP contribution in [0.1, 0.15) is 25.0 Å². The van der Waals surface area contributed by atoms with Crippen LogP contribution in [-0.4, -0.2) is 50.7 Å². The van der Waals surface area contributed by atoms with Crippen LogP contribution < -0.4 is 20.1 Å². The van der Waals surface area contributed by atoms with E-state index < -0.39 is 0 Å². The quantitative estimate of drug-likeness (QED) is 0.448. The van der Waals surface area contributed by atoms with E-state index in [9.17, 15) is 4.79 Å². The summed E-state index contributed by atoms with van der Waals surface area (Å²) in [5, 5.41) is 6.28. The number of halogens is 1. The minimum Gasteiger partial charge on any atom is -0.493 e. The lowest BCUT2D eigenvalue weighted by atomic mass is 10.2. The number of hydrogen-bond donors (Lipinski definition) is 2. The van der Waals surface area contributed by atoms with Crippen molar-refractivity contribution in [3.05, 3.63) is 52.0 Å². The van der Waals surface area contributed by atoms with Crippen molar-refractivity contribution >= 4 is 27.5 Å². The number of benzene rings is 2. The fourth-order valence-corrected chi connectivity index (χ4v) is 3.60. The molecule has 6 nitrogen and oxygen atoms in total. The third kappa shape index (κ3) is 7.63. The molecule has 0 aromatic heterocycles. The van der Waals surface area contributed by atoms with E-state index >= 15 is 0 Å². The lowest BCUT2D eigenvalue weighted by Gasteiger charge is -2.18. The van der Waals surface area contributed by atoms with Crippen LogP contribution in [0, 0.1) is 6.92 Å². The Bertz CT molecular complexity index is 808. The summed E-state index contributed by atoms with van der Waals surface area (Å²) in [5.74, 6) is 0.881. The summed E-state index contributed by atoms with van der Waals surface area (Å²) in [5.41, 5.74) is 2.96. The highest BCUT2D eigenvalue weighted by Gasteiger charge is 2.14. The fraction of sp³-hybridized carbons (Fsp3) is 0.435. The van der Waals surface area contributed by atoms with Gasteiger partial charge >= 0.3 is 0 Å². The molecule has 2 aromatic carbocycles. The third-order valence-corrected chi connectivity index (χ3v) is 5.39. The summed E-state index contributed by atoms with van der Waals surface area (Å²) in [6.45, 7) is 11.0. The van der Waals surface area contributed by atoms with Gasteiger partial charge in [0.25, 0.3) is 5.91 Å². The molecule has 0 aliphatic rings. The van der Waals surface area contributed by atoms with Gasteiger partial charge in [0.15, 0.2) is 18.1 Å². The van der Waals surface area contributed by atoms with E-state index in [4.69, 9.17) is 9.47 Å².